The Bertz CT molecular complexity index is 261. The third-order valence-corrected chi connectivity index (χ3v) is 2.36. The highest BCUT2D eigenvalue weighted by atomic mass is 35.5. The van der Waals surface area contributed by atoms with E-state index in [1.54, 1.807) is 0 Å². The van der Waals surface area contributed by atoms with Gasteiger partial charge >= 0.3 is 7.12 Å². The van der Waals surface area contributed by atoms with E-state index in [0.717, 1.165) is 11.1 Å². The van der Waals surface area contributed by atoms with Crippen LogP contribution in [0.25, 0.3) is 0 Å². The monoisotopic (exact) mass is 198 g/mol. The van der Waals surface area contributed by atoms with Gasteiger partial charge in [-0.3, -0.25) is 0 Å². The maximum Gasteiger partial charge on any atom is 0.460 e. The van der Waals surface area contributed by atoms with Gasteiger partial charge in [-0.05, 0) is 12.5 Å². The zero-order valence-corrected chi connectivity index (χ0v) is 8.20. The number of aryl methyl sites for hydroxylation is 1. The molecule has 1 aromatic rings. The van der Waals surface area contributed by atoms with Crippen molar-refractivity contribution in [2.45, 2.75) is 12.7 Å². The maximum absolute atomic E-state index is 9.01. The van der Waals surface area contributed by atoms with E-state index < -0.39 is 12.9 Å². The van der Waals surface area contributed by atoms with Crippen molar-refractivity contribution in [3.05, 3.63) is 35.4 Å². The minimum absolute atomic E-state index is 0.209. The molecule has 0 saturated carbocycles. The van der Waals surface area contributed by atoms with E-state index in [0.29, 0.717) is 0 Å². The Morgan fingerprint density at radius 1 is 1.31 bits per heavy atom. The molecule has 1 atom stereocenters. The second-order valence-corrected chi connectivity index (χ2v) is 3.39. The van der Waals surface area contributed by atoms with Gasteiger partial charge < -0.3 is 10.0 Å². The van der Waals surface area contributed by atoms with Crippen molar-refractivity contribution in [3.63, 3.8) is 0 Å². The lowest BCUT2D eigenvalue weighted by molar-refractivity contribution is 0.392. The molecule has 0 bridgehead atoms. The van der Waals surface area contributed by atoms with Crippen molar-refractivity contribution in [2.24, 2.45) is 0 Å². The topological polar surface area (TPSA) is 40.5 Å². The van der Waals surface area contributed by atoms with Gasteiger partial charge in [-0.1, -0.05) is 29.8 Å². The van der Waals surface area contributed by atoms with Gasteiger partial charge in [-0.25, -0.2) is 0 Å². The van der Waals surface area contributed by atoms with E-state index in [9.17, 15) is 0 Å². The Balaban J connectivity index is 2.86. The van der Waals surface area contributed by atoms with Crippen LogP contribution in [0.15, 0.2) is 24.3 Å². The lowest BCUT2D eigenvalue weighted by Crippen LogP contribution is -2.24. The van der Waals surface area contributed by atoms with E-state index in [4.69, 9.17) is 21.6 Å². The Kier molecular flexibility index (Phi) is 3.79. The van der Waals surface area contributed by atoms with Gasteiger partial charge in [0.2, 0.25) is 0 Å². The molecule has 13 heavy (non-hydrogen) atoms. The van der Waals surface area contributed by atoms with Gasteiger partial charge in [-0.15, -0.1) is 11.6 Å². The molecule has 0 aliphatic carbocycles. The van der Waals surface area contributed by atoms with Crippen LogP contribution < -0.4 is 0 Å². The van der Waals surface area contributed by atoms with Crippen LogP contribution in [0.4, 0.5) is 0 Å². The summed E-state index contributed by atoms with van der Waals surface area (Å²) in [6.45, 7) is 1.98. The van der Waals surface area contributed by atoms with Gasteiger partial charge in [0, 0.05) is 11.7 Å². The van der Waals surface area contributed by atoms with Crippen LogP contribution in [0.5, 0.6) is 0 Å². The van der Waals surface area contributed by atoms with Crippen LogP contribution >= 0.6 is 11.6 Å². The smallest absolute Gasteiger partial charge is 0.427 e. The number of alkyl halides is 1. The third-order valence-electron chi connectivity index (χ3n) is 2.03. The molecule has 4 heteroatoms. The van der Waals surface area contributed by atoms with Crippen molar-refractivity contribution >= 4 is 18.7 Å². The van der Waals surface area contributed by atoms with Crippen molar-refractivity contribution < 1.29 is 10.0 Å². The number of benzene rings is 1. The first-order valence-electron chi connectivity index (χ1n) is 4.14. The average molecular weight is 198 g/mol. The van der Waals surface area contributed by atoms with Crippen molar-refractivity contribution in [1.82, 2.24) is 0 Å². The summed E-state index contributed by atoms with van der Waals surface area (Å²) in [7, 11) is -1.39. The van der Waals surface area contributed by atoms with Gasteiger partial charge in [0.05, 0.1) is 0 Å². The number of rotatable bonds is 3. The van der Waals surface area contributed by atoms with Crippen LogP contribution in [-0.2, 0) is 0 Å². The van der Waals surface area contributed by atoms with Gasteiger partial charge in [0.25, 0.3) is 0 Å². The molecule has 0 spiro atoms. The van der Waals surface area contributed by atoms with E-state index >= 15 is 0 Å². The molecule has 1 unspecified atom stereocenters. The molecule has 0 radical (unpaired) electrons. The zero-order chi connectivity index (χ0) is 9.84. The molecular formula is C9H12BClO2. The summed E-state index contributed by atoms with van der Waals surface area (Å²) in [5, 5.41) is 18.0. The molecule has 0 fully saturated rings. The fourth-order valence-electron chi connectivity index (χ4n) is 1.15. The third kappa shape index (κ3) is 2.73. The van der Waals surface area contributed by atoms with Gasteiger partial charge in [-0.2, -0.15) is 0 Å². The molecule has 0 amide bonds. The molecule has 1 aromatic carbocycles. The summed E-state index contributed by atoms with van der Waals surface area (Å²) in [5.41, 5.74) is 2.00. The molecule has 0 aliphatic heterocycles. The standard InChI is InChI=1S/C9H12BClO2/c1-7-2-4-8(5-3-7)9(6-11)10(12)13/h2-5,9,12-13H,6H2,1H3. The number of hydrogen-bond donors (Lipinski definition) is 2. The van der Waals surface area contributed by atoms with E-state index in [-0.39, 0.29) is 5.88 Å². The lowest BCUT2D eigenvalue weighted by Gasteiger charge is -2.12. The Morgan fingerprint density at radius 2 is 1.85 bits per heavy atom. The molecule has 70 valence electrons. The fraction of sp³-hybridized carbons (Fsp3) is 0.333. The second-order valence-electron chi connectivity index (χ2n) is 3.09. The van der Waals surface area contributed by atoms with Crippen LogP contribution in [0.1, 0.15) is 16.9 Å². The average Bonchev–Trinajstić information content (AvgIpc) is 2.09. The lowest BCUT2D eigenvalue weighted by atomic mass is 9.70. The van der Waals surface area contributed by atoms with Crippen molar-refractivity contribution in [2.75, 3.05) is 5.88 Å². The summed E-state index contributed by atoms with van der Waals surface area (Å²) in [6.07, 6.45) is 0. The molecule has 2 nitrogen and oxygen atoms in total. The predicted octanol–water partition coefficient (Wildman–Crippen LogP) is 1.33. The summed E-state index contributed by atoms with van der Waals surface area (Å²) in [6, 6.07) is 7.58. The largest absolute Gasteiger partial charge is 0.460 e. The molecule has 0 heterocycles. The van der Waals surface area contributed by atoms with Crippen LogP contribution in [0, 0.1) is 6.92 Å². The minimum Gasteiger partial charge on any atom is -0.427 e. The van der Waals surface area contributed by atoms with Gasteiger partial charge in [0.1, 0.15) is 0 Å². The SMILES string of the molecule is Cc1ccc(C(CCl)B(O)O)cc1. The highest BCUT2D eigenvalue weighted by Crippen LogP contribution is 2.18. The molecule has 2 N–H and O–H groups in total. The van der Waals surface area contributed by atoms with Crippen LogP contribution in [0.2, 0.25) is 0 Å². The summed E-state index contributed by atoms with van der Waals surface area (Å²) in [5.74, 6) is -0.192. The first kappa shape index (κ1) is 10.6. The van der Waals surface area contributed by atoms with Crippen LogP contribution in [0.3, 0.4) is 0 Å². The Morgan fingerprint density at radius 3 is 2.23 bits per heavy atom. The van der Waals surface area contributed by atoms with Crippen molar-refractivity contribution in [1.29, 1.82) is 0 Å². The first-order valence-corrected chi connectivity index (χ1v) is 4.67. The van der Waals surface area contributed by atoms with Gasteiger partial charge in [0.15, 0.2) is 0 Å². The fourth-order valence-corrected chi connectivity index (χ4v) is 1.49. The predicted molar refractivity (Wildman–Crippen MR) is 54.8 cm³/mol. The molecule has 0 saturated heterocycles. The Hall–Kier alpha value is -0.505. The van der Waals surface area contributed by atoms with Crippen molar-refractivity contribution in [3.8, 4) is 0 Å². The highest BCUT2D eigenvalue weighted by molar-refractivity contribution is 6.45. The van der Waals surface area contributed by atoms with E-state index in [1.807, 2.05) is 31.2 Å². The minimum atomic E-state index is -1.39. The summed E-state index contributed by atoms with van der Waals surface area (Å²) in [4.78, 5) is 0. The molecule has 0 aromatic heterocycles. The highest BCUT2D eigenvalue weighted by Gasteiger charge is 2.23. The Labute approximate surface area is 83.3 Å². The normalized spacial score (nSPS) is 12.6. The number of halogens is 1. The maximum atomic E-state index is 9.01. The molecular weight excluding hydrogens is 186 g/mol. The molecule has 0 aliphatic rings. The quantitative estimate of drug-likeness (QED) is 0.568. The molecule has 1 rings (SSSR count). The second kappa shape index (κ2) is 4.65. The van der Waals surface area contributed by atoms with E-state index in [2.05, 4.69) is 0 Å². The van der Waals surface area contributed by atoms with E-state index in [1.165, 1.54) is 0 Å². The first-order chi connectivity index (χ1) is 6.15. The van der Waals surface area contributed by atoms with Crippen LogP contribution in [-0.4, -0.2) is 23.0 Å². The summed E-state index contributed by atoms with van der Waals surface area (Å²) < 4.78 is 0. The number of hydrogen-bond acceptors (Lipinski definition) is 2. The zero-order valence-electron chi connectivity index (χ0n) is 7.44. The summed E-state index contributed by atoms with van der Waals surface area (Å²) >= 11 is 5.62.